The van der Waals surface area contributed by atoms with Gasteiger partial charge in [-0.15, -0.1) is 0 Å². The molecule has 0 unspecified atom stereocenters. The second-order valence-corrected chi connectivity index (χ2v) is 6.67. The van der Waals surface area contributed by atoms with Crippen molar-refractivity contribution >= 4 is 5.91 Å². The van der Waals surface area contributed by atoms with Gasteiger partial charge >= 0.3 is 0 Å². The van der Waals surface area contributed by atoms with Crippen LogP contribution in [-0.2, 0) is 11.8 Å². The molecule has 1 aromatic heterocycles. The molecule has 0 N–H and O–H groups in total. The first-order valence-corrected chi connectivity index (χ1v) is 8.35. The van der Waals surface area contributed by atoms with Crippen molar-refractivity contribution in [2.24, 2.45) is 7.05 Å². The summed E-state index contributed by atoms with van der Waals surface area (Å²) in [6, 6.07) is 1.85. The number of aryl methyl sites for hydroxylation is 2. The van der Waals surface area contributed by atoms with Crippen LogP contribution in [0.2, 0.25) is 0 Å². The Balaban J connectivity index is 1.94. The Morgan fingerprint density at radius 1 is 1.35 bits per heavy atom. The van der Waals surface area contributed by atoms with Crippen molar-refractivity contribution in [1.82, 2.24) is 14.7 Å². The third-order valence-electron chi connectivity index (χ3n) is 5.30. The fourth-order valence-electron chi connectivity index (χ4n) is 4.02. The van der Waals surface area contributed by atoms with E-state index in [2.05, 4.69) is 11.2 Å². The van der Waals surface area contributed by atoms with Crippen LogP contribution in [0.4, 0.5) is 0 Å². The molecule has 124 valence electrons. The third-order valence-corrected chi connectivity index (χ3v) is 5.30. The van der Waals surface area contributed by atoms with Gasteiger partial charge in [-0.25, -0.2) is 0 Å². The lowest BCUT2D eigenvalue weighted by atomic mass is 9.79. The molecule has 2 atom stereocenters. The second kappa shape index (κ2) is 5.97. The molecule has 1 spiro atoms. The van der Waals surface area contributed by atoms with Gasteiger partial charge in [0.2, 0.25) is 0 Å². The number of piperidine rings is 1. The molecule has 3 rings (SSSR count). The predicted molar refractivity (Wildman–Crippen MR) is 84.9 cm³/mol. The van der Waals surface area contributed by atoms with Crippen LogP contribution in [0.3, 0.4) is 0 Å². The van der Waals surface area contributed by atoms with Gasteiger partial charge in [-0.3, -0.25) is 9.48 Å². The maximum atomic E-state index is 13.1. The number of likely N-dealkylation sites (tertiary alicyclic amines) is 1. The number of aromatic nitrogens is 2. The van der Waals surface area contributed by atoms with E-state index in [0.29, 0.717) is 18.7 Å². The molecular weight excluding hydrogens is 292 g/mol. The molecule has 2 fully saturated rings. The Morgan fingerprint density at radius 3 is 2.65 bits per heavy atom. The Bertz CT molecular complexity index is 647. The van der Waals surface area contributed by atoms with Crippen molar-refractivity contribution in [3.05, 3.63) is 17.0 Å². The highest BCUT2D eigenvalue weighted by Crippen LogP contribution is 2.39. The number of rotatable bonds is 1. The second-order valence-electron chi connectivity index (χ2n) is 6.67. The predicted octanol–water partition coefficient (Wildman–Crippen LogP) is 2.10. The Hall–Kier alpha value is -1.87. The molecule has 1 aromatic rings. The number of hydrogen-bond acceptors (Lipinski definition) is 4. The largest absolute Gasteiger partial charge is 0.372 e. The smallest absolute Gasteiger partial charge is 0.258 e. The van der Waals surface area contributed by atoms with Gasteiger partial charge in [0.05, 0.1) is 17.3 Å². The molecule has 6 nitrogen and oxygen atoms in total. The van der Waals surface area contributed by atoms with Crippen molar-refractivity contribution in [1.29, 1.82) is 5.26 Å². The van der Waals surface area contributed by atoms with Crippen molar-refractivity contribution in [3.63, 3.8) is 0 Å². The summed E-state index contributed by atoms with van der Waals surface area (Å²) in [5.41, 5.74) is 1.70. The fourth-order valence-corrected chi connectivity index (χ4v) is 4.02. The summed E-state index contributed by atoms with van der Waals surface area (Å²) in [5, 5.41) is 14.1. The van der Waals surface area contributed by atoms with Crippen molar-refractivity contribution < 1.29 is 9.53 Å². The molecule has 1 amide bonds. The Morgan fingerprint density at radius 2 is 2.09 bits per heavy atom. The number of ether oxygens (including phenoxy) is 1. The van der Waals surface area contributed by atoms with Gasteiger partial charge in [0, 0.05) is 25.9 Å². The third kappa shape index (κ3) is 2.53. The van der Waals surface area contributed by atoms with Gasteiger partial charge in [-0.05, 0) is 46.0 Å². The van der Waals surface area contributed by atoms with Gasteiger partial charge in [0.1, 0.15) is 11.6 Å². The topological polar surface area (TPSA) is 71.2 Å². The summed E-state index contributed by atoms with van der Waals surface area (Å²) >= 11 is 0. The molecule has 0 saturated carbocycles. The molecule has 0 aromatic carbocycles. The van der Waals surface area contributed by atoms with Crippen LogP contribution in [0.5, 0.6) is 0 Å². The van der Waals surface area contributed by atoms with Crippen LogP contribution >= 0.6 is 0 Å². The minimum absolute atomic E-state index is 0.0899. The van der Waals surface area contributed by atoms with Crippen LogP contribution in [0.15, 0.2) is 0 Å². The zero-order valence-corrected chi connectivity index (χ0v) is 14.1. The summed E-state index contributed by atoms with van der Waals surface area (Å²) in [5.74, 6) is -0.0899. The van der Waals surface area contributed by atoms with E-state index in [0.717, 1.165) is 43.5 Å². The molecule has 0 bridgehead atoms. The number of carbonyl (C=O) groups is 1. The van der Waals surface area contributed by atoms with Gasteiger partial charge in [0.15, 0.2) is 0 Å². The van der Waals surface area contributed by atoms with Crippen molar-refractivity contribution in [2.45, 2.75) is 57.6 Å². The molecule has 2 aliphatic heterocycles. The van der Waals surface area contributed by atoms with Crippen LogP contribution in [-0.4, -0.2) is 45.4 Å². The van der Waals surface area contributed by atoms with E-state index in [1.54, 1.807) is 9.58 Å². The molecule has 2 saturated heterocycles. The fraction of sp³-hybridized carbons (Fsp3) is 0.706. The molecule has 0 aliphatic carbocycles. The van der Waals surface area contributed by atoms with Gasteiger partial charge < -0.3 is 9.64 Å². The van der Waals surface area contributed by atoms with Crippen LogP contribution in [0.25, 0.3) is 0 Å². The summed E-state index contributed by atoms with van der Waals surface area (Å²) in [4.78, 5) is 14.8. The molecule has 0 radical (unpaired) electrons. The zero-order chi connectivity index (χ0) is 16.6. The summed E-state index contributed by atoms with van der Waals surface area (Å²) in [6.45, 7) is 5.03. The van der Waals surface area contributed by atoms with E-state index < -0.39 is 11.6 Å². The van der Waals surface area contributed by atoms with Crippen LogP contribution in [0, 0.1) is 25.2 Å². The summed E-state index contributed by atoms with van der Waals surface area (Å²) in [7, 11) is 1.84. The van der Waals surface area contributed by atoms with E-state index in [9.17, 15) is 10.1 Å². The lowest BCUT2D eigenvalue weighted by molar-refractivity contribution is -0.128. The summed E-state index contributed by atoms with van der Waals surface area (Å²) in [6.07, 6.45) is 4.70. The standard InChI is InChI=1S/C17H24N4O2/c1-12-15(13(2)20(3)19-12)16(22)21-9-6-8-17(14(21)11-18)7-4-5-10-23-17/h14H,4-10H2,1-3H3/t14-,17-/m1/s1. The molecule has 3 heterocycles. The monoisotopic (exact) mass is 316 g/mol. The SMILES string of the molecule is Cc1nn(C)c(C)c1C(=O)N1CCC[C@]2(CCCCO2)[C@H]1C#N. The highest BCUT2D eigenvalue weighted by atomic mass is 16.5. The minimum Gasteiger partial charge on any atom is -0.372 e. The van der Waals surface area contributed by atoms with Gasteiger partial charge in [-0.2, -0.15) is 10.4 Å². The number of amides is 1. The first-order chi connectivity index (χ1) is 11.0. The van der Waals surface area contributed by atoms with Crippen molar-refractivity contribution in [3.8, 4) is 6.07 Å². The Kier molecular flexibility index (Phi) is 4.15. The zero-order valence-electron chi connectivity index (χ0n) is 14.1. The molecule has 23 heavy (non-hydrogen) atoms. The number of carbonyl (C=O) groups excluding carboxylic acids is 1. The van der Waals surface area contributed by atoms with Gasteiger partial charge in [0.25, 0.3) is 5.91 Å². The van der Waals surface area contributed by atoms with E-state index >= 15 is 0 Å². The first-order valence-electron chi connectivity index (χ1n) is 8.35. The summed E-state index contributed by atoms with van der Waals surface area (Å²) < 4.78 is 7.78. The minimum atomic E-state index is -0.511. The quantitative estimate of drug-likeness (QED) is 0.795. The van der Waals surface area contributed by atoms with E-state index in [4.69, 9.17) is 4.74 Å². The van der Waals surface area contributed by atoms with Gasteiger partial charge in [-0.1, -0.05) is 0 Å². The maximum absolute atomic E-state index is 13.1. The van der Waals surface area contributed by atoms with Crippen molar-refractivity contribution in [2.75, 3.05) is 13.2 Å². The first kappa shape index (κ1) is 16.0. The average Bonchev–Trinajstić information content (AvgIpc) is 2.80. The van der Waals surface area contributed by atoms with Crippen LogP contribution in [0.1, 0.15) is 53.8 Å². The normalized spacial score (nSPS) is 27.9. The molecular formula is C17H24N4O2. The van der Waals surface area contributed by atoms with E-state index in [-0.39, 0.29) is 5.91 Å². The highest BCUT2D eigenvalue weighted by molar-refractivity contribution is 5.97. The highest BCUT2D eigenvalue weighted by Gasteiger charge is 2.49. The van der Waals surface area contributed by atoms with E-state index in [1.807, 2.05) is 20.9 Å². The van der Waals surface area contributed by atoms with Crippen LogP contribution < -0.4 is 0 Å². The number of hydrogen-bond donors (Lipinski definition) is 0. The lowest BCUT2D eigenvalue weighted by Crippen LogP contribution is -2.60. The lowest BCUT2D eigenvalue weighted by Gasteiger charge is -2.48. The van der Waals surface area contributed by atoms with E-state index in [1.165, 1.54) is 0 Å². The number of nitrogens with zero attached hydrogens (tertiary/aromatic N) is 4. The number of nitriles is 1. The molecule has 2 aliphatic rings. The average molecular weight is 316 g/mol. The maximum Gasteiger partial charge on any atom is 0.258 e. The molecule has 6 heteroatoms. The Labute approximate surface area is 137 Å².